The summed E-state index contributed by atoms with van der Waals surface area (Å²) in [5, 5.41) is 3.41. The van der Waals surface area contributed by atoms with E-state index in [-0.39, 0.29) is 0 Å². The first-order valence-corrected chi connectivity index (χ1v) is 6.46. The molecule has 2 nitrogen and oxygen atoms in total. The average molecular weight is 223 g/mol. The van der Waals surface area contributed by atoms with E-state index < -0.39 is 0 Å². The van der Waals surface area contributed by atoms with Crippen LogP contribution in [-0.2, 0) is 0 Å². The molecule has 1 heterocycles. The van der Waals surface area contributed by atoms with Gasteiger partial charge in [-0.15, -0.1) is 0 Å². The van der Waals surface area contributed by atoms with Crippen molar-refractivity contribution in [1.29, 1.82) is 0 Å². The Labute approximate surface area is 99.4 Å². The topological polar surface area (TPSA) is 25.2 Å². The maximum atomic E-state index is 5.75. The van der Waals surface area contributed by atoms with E-state index in [1.54, 1.807) is 0 Å². The van der Waals surface area contributed by atoms with E-state index in [0.717, 1.165) is 11.5 Å². The van der Waals surface area contributed by atoms with Gasteiger partial charge in [-0.05, 0) is 44.9 Å². The van der Waals surface area contributed by atoms with Crippen molar-refractivity contribution >= 4 is 0 Å². The molecule has 92 valence electrons. The van der Waals surface area contributed by atoms with Crippen molar-refractivity contribution in [1.82, 2.24) is 5.32 Å². The van der Waals surface area contributed by atoms with Gasteiger partial charge >= 0.3 is 0 Å². The van der Waals surface area contributed by atoms with E-state index in [1.165, 1.54) is 25.7 Å². The fraction of sp³-hybridized carbons (Fsp3) is 0.714. The highest BCUT2D eigenvalue weighted by Crippen LogP contribution is 2.30. The number of aryl methyl sites for hydroxylation is 1. The van der Waals surface area contributed by atoms with Gasteiger partial charge in [-0.2, -0.15) is 0 Å². The molecule has 0 amide bonds. The van der Waals surface area contributed by atoms with Gasteiger partial charge in [0, 0.05) is 0 Å². The number of rotatable bonds is 7. The van der Waals surface area contributed by atoms with Crippen LogP contribution in [-0.4, -0.2) is 7.05 Å². The molecule has 1 rings (SSSR count). The minimum absolute atomic E-state index is 0.369. The van der Waals surface area contributed by atoms with E-state index >= 15 is 0 Å². The maximum Gasteiger partial charge on any atom is 0.121 e. The predicted octanol–water partition coefficient (Wildman–Crippen LogP) is 4.06. The minimum atomic E-state index is 0.369. The monoisotopic (exact) mass is 223 g/mol. The van der Waals surface area contributed by atoms with Crippen molar-refractivity contribution in [3.8, 4) is 0 Å². The van der Waals surface area contributed by atoms with Gasteiger partial charge in [0.05, 0.1) is 6.04 Å². The van der Waals surface area contributed by atoms with Crippen LogP contribution in [0, 0.1) is 12.8 Å². The molecule has 0 saturated carbocycles. The first-order valence-electron chi connectivity index (χ1n) is 6.46. The Balaban J connectivity index is 2.76. The number of hydrogen-bond donors (Lipinski definition) is 1. The normalized spacial score (nSPS) is 13.3. The zero-order valence-corrected chi connectivity index (χ0v) is 11.0. The Morgan fingerprint density at radius 3 is 2.19 bits per heavy atom. The molecule has 0 aliphatic heterocycles. The average Bonchev–Trinajstić information content (AvgIpc) is 2.67. The third kappa shape index (κ3) is 3.38. The van der Waals surface area contributed by atoms with Crippen molar-refractivity contribution in [2.45, 2.75) is 52.5 Å². The standard InChI is InChI=1S/C14H25NO/c1-5-7-12(8-6-2)14(15-4)13-10-9-11(3)16-13/h9-10,12,14-15H,5-8H2,1-4H3. The highest BCUT2D eigenvalue weighted by atomic mass is 16.3. The Bertz CT molecular complexity index is 287. The second kappa shape index (κ2) is 6.74. The van der Waals surface area contributed by atoms with E-state index in [4.69, 9.17) is 4.42 Å². The van der Waals surface area contributed by atoms with E-state index in [1.807, 2.05) is 14.0 Å². The van der Waals surface area contributed by atoms with Crippen LogP contribution >= 0.6 is 0 Å². The van der Waals surface area contributed by atoms with Crippen LogP contribution in [0.25, 0.3) is 0 Å². The molecule has 1 atom stereocenters. The molecule has 0 fully saturated rings. The molecule has 1 aromatic heterocycles. The lowest BCUT2D eigenvalue weighted by Crippen LogP contribution is -2.24. The van der Waals surface area contributed by atoms with Gasteiger partial charge in [0.1, 0.15) is 11.5 Å². The summed E-state index contributed by atoms with van der Waals surface area (Å²) in [6.07, 6.45) is 5.00. The van der Waals surface area contributed by atoms with Crippen molar-refractivity contribution in [2.24, 2.45) is 5.92 Å². The second-order valence-corrected chi connectivity index (χ2v) is 4.55. The Hall–Kier alpha value is -0.760. The third-order valence-electron chi connectivity index (χ3n) is 3.17. The maximum absolute atomic E-state index is 5.75. The molecule has 16 heavy (non-hydrogen) atoms. The zero-order valence-electron chi connectivity index (χ0n) is 11.0. The predicted molar refractivity (Wildman–Crippen MR) is 68.6 cm³/mol. The zero-order chi connectivity index (χ0) is 12.0. The van der Waals surface area contributed by atoms with Crippen molar-refractivity contribution in [3.63, 3.8) is 0 Å². The first-order chi connectivity index (χ1) is 7.72. The fourth-order valence-corrected chi connectivity index (χ4v) is 2.45. The molecule has 0 radical (unpaired) electrons. The Morgan fingerprint density at radius 2 is 1.81 bits per heavy atom. The van der Waals surface area contributed by atoms with E-state index in [0.29, 0.717) is 12.0 Å². The molecule has 0 aromatic carbocycles. The van der Waals surface area contributed by atoms with Gasteiger partial charge in [0.2, 0.25) is 0 Å². The van der Waals surface area contributed by atoms with Crippen molar-refractivity contribution in [3.05, 3.63) is 23.7 Å². The van der Waals surface area contributed by atoms with Crippen molar-refractivity contribution < 1.29 is 4.42 Å². The molecule has 0 aliphatic carbocycles. The Morgan fingerprint density at radius 1 is 1.19 bits per heavy atom. The highest BCUT2D eigenvalue weighted by molar-refractivity contribution is 5.10. The van der Waals surface area contributed by atoms with Gasteiger partial charge in [-0.3, -0.25) is 0 Å². The number of furan rings is 1. The van der Waals surface area contributed by atoms with Crippen LogP contribution in [0.1, 0.15) is 57.1 Å². The molecular weight excluding hydrogens is 198 g/mol. The van der Waals surface area contributed by atoms with Gasteiger partial charge in [0.25, 0.3) is 0 Å². The summed E-state index contributed by atoms with van der Waals surface area (Å²) in [7, 11) is 2.03. The van der Waals surface area contributed by atoms with Crippen LogP contribution in [0.2, 0.25) is 0 Å². The van der Waals surface area contributed by atoms with E-state index in [2.05, 4.69) is 31.3 Å². The largest absolute Gasteiger partial charge is 0.465 e. The Kier molecular flexibility index (Phi) is 5.61. The van der Waals surface area contributed by atoms with Crippen LogP contribution < -0.4 is 5.32 Å². The van der Waals surface area contributed by atoms with Crippen molar-refractivity contribution in [2.75, 3.05) is 7.05 Å². The van der Waals surface area contributed by atoms with Crippen LogP contribution in [0.4, 0.5) is 0 Å². The van der Waals surface area contributed by atoms with Gasteiger partial charge < -0.3 is 9.73 Å². The minimum Gasteiger partial charge on any atom is -0.465 e. The number of hydrogen-bond acceptors (Lipinski definition) is 2. The molecule has 0 spiro atoms. The van der Waals surface area contributed by atoms with Crippen LogP contribution in [0.15, 0.2) is 16.5 Å². The molecule has 1 N–H and O–H groups in total. The lowest BCUT2D eigenvalue weighted by Gasteiger charge is -2.24. The van der Waals surface area contributed by atoms with Crippen LogP contribution in [0.3, 0.4) is 0 Å². The molecule has 1 unspecified atom stereocenters. The summed E-state index contributed by atoms with van der Waals surface area (Å²) in [5.41, 5.74) is 0. The summed E-state index contributed by atoms with van der Waals surface area (Å²) in [4.78, 5) is 0. The second-order valence-electron chi connectivity index (χ2n) is 4.55. The van der Waals surface area contributed by atoms with Gasteiger partial charge in [-0.25, -0.2) is 0 Å². The fourth-order valence-electron chi connectivity index (χ4n) is 2.45. The SMILES string of the molecule is CCCC(CCC)C(NC)c1ccc(C)o1. The molecule has 0 bridgehead atoms. The molecule has 2 heteroatoms. The summed E-state index contributed by atoms with van der Waals surface area (Å²) in [6, 6.07) is 4.53. The number of nitrogens with one attached hydrogen (secondary N) is 1. The summed E-state index contributed by atoms with van der Waals surface area (Å²) in [5.74, 6) is 2.78. The highest BCUT2D eigenvalue weighted by Gasteiger charge is 2.22. The van der Waals surface area contributed by atoms with Gasteiger partial charge in [-0.1, -0.05) is 26.7 Å². The quantitative estimate of drug-likeness (QED) is 0.754. The summed E-state index contributed by atoms with van der Waals surface area (Å²) in [6.45, 7) is 6.51. The van der Waals surface area contributed by atoms with Crippen LogP contribution in [0.5, 0.6) is 0 Å². The molecule has 0 saturated heterocycles. The summed E-state index contributed by atoms with van der Waals surface area (Å²) >= 11 is 0. The summed E-state index contributed by atoms with van der Waals surface area (Å²) < 4.78 is 5.75. The lowest BCUT2D eigenvalue weighted by molar-refractivity contribution is 0.286. The van der Waals surface area contributed by atoms with Gasteiger partial charge in [0.15, 0.2) is 0 Å². The third-order valence-corrected chi connectivity index (χ3v) is 3.17. The molecule has 1 aromatic rings. The van der Waals surface area contributed by atoms with E-state index in [9.17, 15) is 0 Å². The molecule has 0 aliphatic rings. The molecular formula is C14H25NO. The first kappa shape index (κ1) is 13.3. The smallest absolute Gasteiger partial charge is 0.121 e. The lowest BCUT2D eigenvalue weighted by atomic mass is 9.89.